The summed E-state index contributed by atoms with van der Waals surface area (Å²) in [4.78, 5) is 37.1. The number of likely N-dealkylation sites (tertiary alicyclic amines) is 1. The second kappa shape index (κ2) is 9.14. The summed E-state index contributed by atoms with van der Waals surface area (Å²) in [6, 6.07) is 3.93. The molecule has 2 N–H and O–H groups in total. The van der Waals surface area contributed by atoms with Gasteiger partial charge in [0.05, 0.1) is 11.0 Å². The molecular formula is C22H31N5O3. The van der Waals surface area contributed by atoms with Crippen LogP contribution in [-0.4, -0.2) is 81.7 Å². The molecule has 2 aliphatic rings. The summed E-state index contributed by atoms with van der Waals surface area (Å²) in [5.74, 6) is 0.599. The van der Waals surface area contributed by atoms with Crippen molar-refractivity contribution >= 4 is 17.1 Å². The van der Waals surface area contributed by atoms with Gasteiger partial charge in [-0.3, -0.25) is 14.7 Å². The third-order valence-electron chi connectivity index (χ3n) is 6.48. The molecule has 0 saturated carbocycles. The summed E-state index contributed by atoms with van der Waals surface area (Å²) >= 11 is 0. The average molecular weight is 414 g/mol. The fourth-order valence-corrected chi connectivity index (χ4v) is 4.58. The Morgan fingerprint density at radius 3 is 2.50 bits per heavy atom. The van der Waals surface area contributed by atoms with Crippen molar-refractivity contribution in [1.29, 1.82) is 0 Å². The zero-order valence-corrected chi connectivity index (χ0v) is 17.6. The zero-order chi connectivity index (χ0) is 21.1. The smallest absolute Gasteiger partial charge is 0.407 e. The first-order valence-corrected chi connectivity index (χ1v) is 10.9. The second-order valence-electron chi connectivity index (χ2n) is 8.54. The molecule has 1 amide bonds. The van der Waals surface area contributed by atoms with Crippen LogP contribution in [-0.2, 0) is 13.0 Å². The summed E-state index contributed by atoms with van der Waals surface area (Å²) in [5, 5.41) is 9.08. The number of rotatable bonds is 5. The molecular weight excluding hydrogens is 382 g/mol. The molecule has 4 rings (SSSR count). The van der Waals surface area contributed by atoms with E-state index in [1.54, 1.807) is 0 Å². The molecule has 2 aromatic heterocycles. The maximum absolute atomic E-state index is 12.1. The van der Waals surface area contributed by atoms with Crippen LogP contribution in [0.3, 0.4) is 0 Å². The highest BCUT2D eigenvalue weighted by Crippen LogP contribution is 2.20. The number of piperidine rings is 1. The number of carboxylic acid groups (broad SMARTS) is 1. The van der Waals surface area contributed by atoms with E-state index in [2.05, 4.69) is 19.8 Å². The van der Waals surface area contributed by atoms with Crippen molar-refractivity contribution in [3.05, 3.63) is 39.8 Å². The van der Waals surface area contributed by atoms with Crippen LogP contribution >= 0.6 is 0 Å². The molecule has 4 heterocycles. The Bertz CT molecular complexity index is 943. The normalized spacial score (nSPS) is 19.4. The lowest BCUT2D eigenvalue weighted by atomic mass is 9.96. The van der Waals surface area contributed by atoms with Gasteiger partial charge < -0.3 is 19.9 Å². The van der Waals surface area contributed by atoms with Crippen LogP contribution in [0.5, 0.6) is 0 Å². The van der Waals surface area contributed by atoms with Crippen LogP contribution in [0.2, 0.25) is 0 Å². The number of pyridine rings is 2. The van der Waals surface area contributed by atoms with Crippen molar-refractivity contribution in [2.24, 2.45) is 5.92 Å². The number of aromatic amines is 1. The first kappa shape index (κ1) is 20.8. The number of hydrogen-bond acceptors (Lipinski definition) is 5. The molecule has 0 unspecified atom stereocenters. The van der Waals surface area contributed by atoms with E-state index in [-0.39, 0.29) is 5.56 Å². The fraction of sp³-hybridized carbons (Fsp3) is 0.591. The SMILES string of the molecule is CCc1cc2ncc(CN3CCN(CC4CCN(C(=O)O)CC4)CC3)cc2[nH]c1=O. The highest BCUT2D eigenvalue weighted by molar-refractivity contribution is 5.74. The summed E-state index contributed by atoms with van der Waals surface area (Å²) in [5.41, 5.74) is 3.52. The number of fused-ring (bicyclic) bond motifs is 1. The quantitative estimate of drug-likeness (QED) is 0.779. The highest BCUT2D eigenvalue weighted by atomic mass is 16.4. The highest BCUT2D eigenvalue weighted by Gasteiger charge is 2.25. The Morgan fingerprint density at radius 1 is 1.13 bits per heavy atom. The maximum atomic E-state index is 12.1. The fourth-order valence-electron chi connectivity index (χ4n) is 4.58. The Balaban J connectivity index is 1.28. The molecule has 8 nitrogen and oxygen atoms in total. The average Bonchev–Trinajstić information content (AvgIpc) is 2.75. The first-order valence-electron chi connectivity index (χ1n) is 10.9. The van der Waals surface area contributed by atoms with Crippen LogP contribution in [0.15, 0.2) is 23.1 Å². The Kier molecular flexibility index (Phi) is 6.34. The van der Waals surface area contributed by atoms with E-state index in [1.165, 1.54) is 4.90 Å². The topological polar surface area (TPSA) is 92.8 Å². The predicted octanol–water partition coefficient (Wildman–Crippen LogP) is 1.99. The monoisotopic (exact) mass is 413 g/mol. The Morgan fingerprint density at radius 2 is 1.83 bits per heavy atom. The lowest BCUT2D eigenvalue weighted by Gasteiger charge is -2.38. The minimum absolute atomic E-state index is 0.0215. The number of aromatic nitrogens is 2. The number of nitrogens with zero attached hydrogens (tertiary/aromatic N) is 4. The predicted molar refractivity (Wildman–Crippen MR) is 116 cm³/mol. The lowest BCUT2D eigenvalue weighted by Crippen LogP contribution is -2.48. The number of aryl methyl sites for hydroxylation is 1. The molecule has 162 valence electrons. The van der Waals surface area contributed by atoms with Gasteiger partial charge in [0.25, 0.3) is 5.56 Å². The third-order valence-corrected chi connectivity index (χ3v) is 6.48. The number of piperazine rings is 1. The van der Waals surface area contributed by atoms with Crippen LogP contribution in [0.4, 0.5) is 4.79 Å². The van der Waals surface area contributed by atoms with Gasteiger partial charge in [0.15, 0.2) is 0 Å². The lowest BCUT2D eigenvalue weighted by molar-refractivity contribution is 0.0875. The summed E-state index contributed by atoms with van der Waals surface area (Å²) in [6.07, 6.45) is 3.76. The molecule has 0 atom stereocenters. The van der Waals surface area contributed by atoms with Crippen LogP contribution in [0.25, 0.3) is 11.0 Å². The van der Waals surface area contributed by atoms with Gasteiger partial charge in [-0.1, -0.05) is 6.92 Å². The molecule has 0 bridgehead atoms. The largest absolute Gasteiger partial charge is 0.465 e. The van der Waals surface area contributed by atoms with E-state index in [4.69, 9.17) is 5.11 Å². The minimum atomic E-state index is -0.792. The molecule has 2 aromatic rings. The zero-order valence-electron chi connectivity index (χ0n) is 17.6. The number of H-pyrrole nitrogens is 1. The standard InChI is InChI=1S/C22H31N5O3/c1-2-18-12-19-20(24-21(18)28)11-17(13-23-19)15-26-9-7-25(8-10-26)14-16-3-5-27(6-4-16)22(29)30/h11-13,16H,2-10,14-15H2,1H3,(H,24,28)(H,29,30). The second-order valence-corrected chi connectivity index (χ2v) is 8.54. The van der Waals surface area contributed by atoms with E-state index >= 15 is 0 Å². The molecule has 2 aliphatic heterocycles. The third kappa shape index (κ3) is 4.82. The van der Waals surface area contributed by atoms with E-state index in [0.717, 1.165) is 74.3 Å². The van der Waals surface area contributed by atoms with Crippen molar-refractivity contribution < 1.29 is 9.90 Å². The molecule has 8 heteroatoms. The summed E-state index contributed by atoms with van der Waals surface area (Å²) in [6.45, 7) is 9.31. The van der Waals surface area contributed by atoms with Gasteiger partial charge in [-0.25, -0.2) is 4.79 Å². The van der Waals surface area contributed by atoms with Gasteiger partial charge in [0, 0.05) is 64.1 Å². The number of hydrogen-bond donors (Lipinski definition) is 2. The maximum Gasteiger partial charge on any atom is 0.407 e. The first-order chi connectivity index (χ1) is 14.5. The van der Waals surface area contributed by atoms with Crippen molar-refractivity contribution in [2.75, 3.05) is 45.8 Å². The minimum Gasteiger partial charge on any atom is -0.465 e. The van der Waals surface area contributed by atoms with E-state index in [1.807, 2.05) is 25.3 Å². The number of amides is 1. The number of carbonyl (C=O) groups is 1. The van der Waals surface area contributed by atoms with E-state index < -0.39 is 6.09 Å². The van der Waals surface area contributed by atoms with Gasteiger partial charge in [0.1, 0.15) is 0 Å². The molecule has 0 radical (unpaired) electrons. The van der Waals surface area contributed by atoms with Crippen molar-refractivity contribution in [3.8, 4) is 0 Å². The van der Waals surface area contributed by atoms with E-state index in [0.29, 0.717) is 25.4 Å². The number of nitrogens with one attached hydrogen (secondary N) is 1. The van der Waals surface area contributed by atoms with Crippen molar-refractivity contribution in [1.82, 2.24) is 24.7 Å². The van der Waals surface area contributed by atoms with Gasteiger partial charge in [-0.2, -0.15) is 0 Å². The van der Waals surface area contributed by atoms with Crippen LogP contribution in [0, 0.1) is 5.92 Å². The summed E-state index contributed by atoms with van der Waals surface area (Å²) in [7, 11) is 0. The molecule has 2 saturated heterocycles. The van der Waals surface area contributed by atoms with Gasteiger partial charge in [-0.15, -0.1) is 0 Å². The molecule has 30 heavy (non-hydrogen) atoms. The molecule has 2 fully saturated rings. The Labute approximate surface area is 176 Å². The van der Waals surface area contributed by atoms with Crippen molar-refractivity contribution in [2.45, 2.75) is 32.7 Å². The molecule has 0 aromatic carbocycles. The van der Waals surface area contributed by atoms with Crippen molar-refractivity contribution in [3.63, 3.8) is 0 Å². The van der Waals surface area contributed by atoms with Gasteiger partial charge >= 0.3 is 6.09 Å². The molecule has 0 aliphatic carbocycles. The van der Waals surface area contributed by atoms with Crippen LogP contribution in [0.1, 0.15) is 30.9 Å². The van der Waals surface area contributed by atoms with Gasteiger partial charge in [0.2, 0.25) is 0 Å². The van der Waals surface area contributed by atoms with Gasteiger partial charge in [-0.05, 0) is 42.9 Å². The molecule has 0 spiro atoms. The van der Waals surface area contributed by atoms with E-state index in [9.17, 15) is 9.59 Å². The Hall–Kier alpha value is -2.45. The summed E-state index contributed by atoms with van der Waals surface area (Å²) < 4.78 is 0. The van der Waals surface area contributed by atoms with Crippen LogP contribution < -0.4 is 5.56 Å².